The first-order valence-electron chi connectivity index (χ1n) is 8.11. The Morgan fingerprint density at radius 2 is 2.14 bits per heavy atom. The lowest BCUT2D eigenvalue weighted by atomic mass is 10.1. The minimum atomic E-state index is 0.0129. The largest absolute Gasteiger partial charge is 0.360 e. The first-order valence-corrected chi connectivity index (χ1v) is 8.11. The van der Waals surface area contributed by atoms with Gasteiger partial charge in [-0.25, -0.2) is 0 Å². The van der Waals surface area contributed by atoms with E-state index in [4.69, 9.17) is 4.52 Å². The van der Waals surface area contributed by atoms with E-state index in [1.807, 2.05) is 18.7 Å². The molecule has 5 nitrogen and oxygen atoms in total. The van der Waals surface area contributed by atoms with E-state index in [9.17, 15) is 4.79 Å². The third-order valence-corrected chi connectivity index (χ3v) is 4.41. The van der Waals surface area contributed by atoms with Gasteiger partial charge in [0.1, 0.15) is 5.76 Å². The van der Waals surface area contributed by atoms with Crippen molar-refractivity contribution in [2.45, 2.75) is 39.0 Å². The van der Waals surface area contributed by atoms with E-state index in [0.29, 0.717) is 5.69 Å². The summed E-state index contributed by atoms with van der Waals surface area (Å²) < 4.78 is 5.24. The summed E-state index contributed by atoms with van der Waals surface area (Å²) in [7, 11) is 0. The fourth-order valence-corrected chi connectivity index (χ4v) is 2.85. The van der Waals surface area contributed by atoms with Crippen molar-refractivity contribution in [1.29, 1.82) is 0 Å². The van der Waals surface area contributed by atoms with E-state index in [1.165, 1.54) is 19.4 Å². The maximum atomic E-state index is 12.5. The van der Waals surface area contributed by atoms with Crippen LogP contribution in [0.2, 0.25) is 0 Å². The molecule has 1 aliphatic carbocycles. The van der Waals surface area contributed by atoms with Gasteiger partial charge in [0.25, 0.3) is 5.91 Å². The maximum Gasteiger partial charge on any atom is 0.276 e. The molecule has 0 spiro atoms. The molecule has 0 bridgehead atoms. The zero-order valence-corrected chi connectivity index (χ0v) is 13.0. The number of aromatic nitrogens is 1. The summed E-state index contributed by atoms with van der Waals surface area (Å²) >= 11 is 0. The number of hydrogen-bond donors (Lipinski definition) is 0. The van der Waals surface area contributed by atoms with E-state index >= 15 is 0 Å². The molecule has 21 heavy (non-hydrogen) atoms. The first kappa shape index (κ1) is 14.6. The molecule has 0 radical (unpaired) electrons. The molecular formula is C16H25N3O2. The van der Waals surface area contributed by atoms with Gasteiger partial charge in [-0.3, -0.25) is 4.79 Å². The van der Waals surface area contributed by atoms with E-state index < -0.39 is 0 Å². The normalized spacial score (nSPS) is 20.8. The molecule has 0 unspecified atom stereocenters. The Balaban J connectivity index is 1.58. The van der Waals surface area contributed by atoms with Gasteiger partial charge in [-0.1, -0.05) is 19.0 Å². The van der Waals surface area contributed by atoms with Crippen LogP contribution in [-0.4, -0.2) is 53.6 Å². The maximum absolute atomic E-state index is 12.5. The second kappa shape index (κ2) is 6.18. The highest BCUT2D eigenvalue weighted by Gasteiger charge is 2.27. The van der Waals surface area contributed by atoms with Gasteiger partial charge < -0.3 is 14.3 Å². The first-order chi connectivity index (χ1) is 10.1. The zero-order chi connectivity index (χ0) is 14.8. The third kappa shape index (κ3) is 3.64. The average molecular weight is 291 g/mol. The Hall–Kier alpha value is -1.36. The molecule has 1 saturated heterocycles. The lowest BCUT2D eigenvalue weighted by molar-refractivity contribution is 0.0750. The van der Waals surface area contributed by atoms with Gasteiger partial charge in [0.2, 0.25) is 0 Å². The van der Waals surface area contributed by atoms with Crippen LogP contribution < -0.4 is 0 Å². The van der Waals surface area contributed by atoms with Crippen molar-refractivity contribution < 1.29 is 9.32 Å². The lowest BCUT2D eigenvalue weighted by Gasteiger charge is -2.21. The van der Waals surface area contributed by atoms with Crippen LogP contribution in [0.1, 0.15) is 55.3 Å². The zero-order valence-electron chi connectivity index (χ0n) is 13.0. The van der Waals surface area contributed by atoms with Crippen LogP contribution in [0.15, 0.2) is 10.6 Å². The minimum absolute atomic E-state index is 0.0129. The number of carbonyl (C=O) groups is 1. The summed E-state index contributed by atoms with van der Waals surface area (Å²) in [5.74, 6) is 1.97. The van der Waals surface area contributed by atoms with Crippen molar-refractivity contribution in [2.75, 3.05) is 32.7 Å². The van der Waals surface area contributed by atoms with Crippen molar-refractivity contribution in [3.05, 3.63) is 17.5 Å². The van der Waals surface area contributed by atoms with Gasteiger partial charge in [0.15, 0.2) is 5.69 Å². The van der Waals surface area contributed by atoms with Gasteiger partial charge in [0, 0.05) is 38.2 Å². The highest BCUT2D eigenvalue weighted by molar-refractivity contribution is 5.92. The summed E-state index contributed by atoms with van der Waals surface area (Å²) in [6.07, 6.45) is 3.82. The number of hydrogen-bond acceptors (Lipinski definition) is 4. The second-order valence-electron chi connectivity index (χ2n) is 6.66. The van der Waals surface area contributed by atoms with E-state index in [0.717, 1.165) is 44.3 Å². The SMILES string of the molecule is CC(C)c1cc(C(=O)N2CCCN(CC3CC3)CC2)no1. The van der Waals surface area contributed by atoms with E-state index in [1.54, 1.807) is 6.07 Å². The van der Waals surface area contributed by atoms with Crippen LogP contribution in [0.4, 0.5) is 0 Å². The Labute approximate surface area is 126 Å². The molecule has 3 rings (SSSR count). The predicted octanol–water partition coefficient (Wildman–Crippen LogP) is 2.36. The topological polar surface area (TPSA) is 49.6 Å². The minimum Gasteiger partial charge on any atom is -0.360 e. The fourth-order valence-electron chi connectivity index (χ4n) is 2.85. The standard InChI is InChI=1S/C16H25N3O2/c1-12(2)15-10-14(17-21-15)16(20)19-7-3-6-18(8-9-19)11-13-4-5-13/h10,12-13H,3-9,11H2,1-2H3. The van der Waals surface area contributed by atoms with Gasteiger partial charge in [-0.15, -0.1) is 0 Å². The Morgan fingerprint density at radius 1 is 1.33 bits per heavy atom. The fraction of sp³-hybridized carbons (Fsp3) is 0.750. The van der Waals surface area contributed by atoms with Gasteiger partial charge >= 0.3 is 0 Å². The number of rotatable bonds is 4. The number of nitrogens with zero attached hydrogens (tertiary/aromatic N) is 3. The quantitative estimate of drug-likeness (QED) is 0.854. The molecule has 0 aromatic carbocycles. The molecule has 1 amide bonds. The summed E-state index contributed by atoms with van der Waals surface area (Å²) in [5.41, 5.74) is 0.453. The summed E-state index contributed by atoms with van der Waals surface area (Å²) in [6, 6.07) is 1.79. The highest BCUT2D eigenvalue weighted by Crippen LogP contribution is 2.30. The highest BCUT2D eigenvalue weighted by atomic mass is 16.5. The Morgan fingerprint density at radius 3 is 2.81 bits per heavy atom. The van der Waals surface area contributed by atoms with E-state index in [-0.39, 0.29) is 11.8 Å². The molecule has 0 N–H and O–H groups in total. The van der Waals surface area contributed by atoms with Crippen LogP contribution in [-0.2, 0) is 0 Å². The Kier molecular flexibility index (Phi) is 4.29. The molecule has 0 atom stereocenters. The molecule has 5 heteroatoms. The molecule has 1 saturated carbocycles. The average Bonchev–Trinajstić information content (AvgIpc) is 3.18. The van der Waals surface area contributed by atoms with Crippen molar-refractivity contribution in [1.82, 2.24) is 15.0 Å². The molecule has 2 aliphatic rings. The summed E-state index contributed by atoms with van der Waals surface area (Å²) in [6.45, 7) is 9.00. The molecular weight excluding hydrogens is 266 g/mol. The summed E-state index contributed by atoms with van der Waals surface area (Å²) in [4.78, 5) is 16.9. The third-order valence-electron chi connectivity index (χ3n) is 4.41. The van der Waals surface area contributed by atoms with Crippen molar-refractivity contribution in [3.8, 4) is 0 Å². The molecule has 2 fully saturated rings. The van der Waals surface area contributed by atoms with Crippen molar-refractivity contribution >= 4 is 5.91 Å². The smallest absolute Gasteiger partial charge is 0.276 e. The van der Waals surface area contributed by atoms with E-state index in [2.05, 4.69) is 10.1 Å². The van der Waals surface area contributed by atoms with Crippen LogP contribution in [0.25, 0.3) is 0 Å². The molecule has 2 heterocycles. The van der Waals surface area contributed by atoms with Gasteiger partial charge in [-0.2, -0.15) is 0 Å². The summed E-state index contributed by atoms with van der Waals surface area (Å²) in [5, 5.41) is 3.94. The number of amides is 1. The van der Waals surface area contributed by atoms with Gasteiger partial charge in [0.05, 0.1) is 0 Å². The van der Waals surface area contributed by atoms with Crippen LogP contribution >= 0.6 is 0 Å². The molecule has 1 aliphatic heterocycles. The lowest BCUT2D eigenvalue weighted by Crippen LogP contribution is -2.35. The van der Waals surface area contributed by atoms with Crippen LogP contribution in [0.3, 0.4) is 0 Å². The molecule has 1 aromatic heterocycles. The second-order valence-corrected chi connectivity index (χ2v) is 6.66. The van der Waals surface area contributed by atoms with Crippen molar-refractivity contribution in [2.24, 2.45) is 5.92 Å². The van der Waals surface area contributed by atoms with Crippen LogP contribution in [0.5, 0.6) is 0 Å². The molecule has 116 valence electrons. The molecule has 1 aromatic rings. The predicted molar refractivity (Wildman–Crippen MR) is 80.3 cm³/mol. The van der Waals surface area contributed by atoms with Crippen molar-refractivity contribution in [3.63, 3.8) is 0 Å². The van der Waals surface area contributed by atoms with Crippen LogP contribution in [0, 0.1) is 5.92 Å². The number of carbonyl (C=O) groups excluding carboxylic acids is 1. The van der Waals surface area contributed by atoms with Gasteiger partial charge in [-0.05, 0) is 31.7 Å². The monoisotopic (exact) mass is 291 g/mol. The Bertz CT molecular complexity index is 493.